The first-order valence-corrected chi connectivity index (χ1v) is 10.8. The van der Waals surface area contributed by atoms with Gasteiger partial charge in [-0.25, -0.2) is 0 Å². The quantitative estimate of drug-likeness (QED) is 0.606. The number of rotatable bonds is 5. The Labute approximate surface area is 130 Å². The van der Waals surface area contributed by atoms with Crippen LogP contribution in [0.3, 0.4) is 0 Å². The molecule has 4 atom stereocenters. The molecule has 1 saturated heterocycles. The molecule has 0 saturated carbocycles. The van der Waals surface area contributed by atoms with Crippen LogP contribution in [0.1, 0.15) is 48.5 Å². The van der Waals surface area contributed by atoms with Crippen molar-refractivity contribution in [1.29, 1.82) is 0 Å². The maximum atomic E-state index is 12.0. The van der Waals surface area contributed by atoms with Gasteiger partial charge in [-0.1, -0.05) is 27.7 Å². The number of hydrogen-bond acceptors (Lipinski definition) is 3. The van der Waals surface area contributed by atoms with Crippen molar-refractivity contribution in [3.05, 3.63) is 0 Å². The summed E-state index contributed by atoms with van der Waals surface area (Å²) < 4.78 is 6.37. The second-order valence-electron chi connectivity index (χ2n) is 8.59. The summed E-state index contributed by atoms with van der Waals surface area (Å²) in [6.07, 6.45) is -0.116. The molecule has 1 rings (SSSR count). The monoisotopic (exact) mass is 315 g/mol. The van der Waals surface area contributed by atoms with Gasteiger partial charge in [0.25, 0.3) is 0 Å². The first-order chi connectivity index (χ1) is 9.18. The van der Waals surface area contributed by atoms with E-state index in [1.807, 2.05) is 13.8 Å². The van der Waals surface area contributed by atoms with Crippen LogP contribution in [0, 0.1) is 11.8 Å². The van der Waals surface area contributed by atoms with Crippen LogP contribution in [-0.2, 0) is 9.22 Å². The van der Waals surface area contributed by atoms with Crippen molar-refractivity contribution in [3.63, 3.8) is 0 Å². The van der Waals surface area contributed by atoms with Gasteiger partial charge < -0.3 is 14.8 Å². The summed E-state index contributed by atoms with van der Waals surface area (Å²) in [6, 6.07) is -0.0164. The molecule has 1 aliphatic heterocycles. The van der Waals surface area contributed by atoms with Crippen LogP contribution in [0.4, 0.5) is 0 Å². The fourth-order valence-corrected chi connectivity index (χ4v) is 3.94. The summed E-state index contributed by atoms with van der Waals surface area (Å²) in [5.41, 5.74) is -0.812. The lowest BCUT2D eigenvalue weighted by molar-refractivity contribution is -0.146. The average molecular weight is 316 g/mol. The Morgan fingerprint density at radius 3 is 2.00 bits per heavy atom. The van der Waals surface area contributed by atoms with Gasteiger partial charge in [0.05, 0.1) is 17.6 Å². The lowest BCUT2D eigenvalue weighted by Gasteiger charge is -2.49. The molecule has 1 amide bonds. The molecule has 4 nitrogen and oxygen atoms in total. The van der Waals surface area contributed by atoms with Gasteiger partial charge in [-0.2, -0.15) is 0 Å². The molecule has 124 valence electrons. The van der Waals surface area contributed by atoms with Crippen LogP contribution < -0.4 is 5.32 Å². The fourth-order valence-electron chi connectivity index (χ4n) is 2.51. The summed E-state index contributed by atoms with van der Waals surface area (Å²) in [5, 5.41) is 13.3. The molecule has 0 radical (unpaired) electrons. The van der Waals surface area contributed by atoms with Gasteiger partial charge in [-0.15, -0.1) is 0 Å². The van der Waals surface area contributed by atoms with E-state index in [2.05, 4.69) is 39.2 Å². The molecule has 0 aromatic carbocycles. The standard InChI is InChI=1S/C16H33NO3Si/c1-10(16(6,7)19)13-12(14(18)17-13)11(2)20-21(8,9)15(3,4)5/h10-13,19H,1-9H3,(H,17,18)/t10-,11-,12-,13-/m1/s1. The van der Waals surface area contributed by atoms with Crippen LogP contribution in [-0.4, -0.2) is 37.1 Å². The third-order valence-electron chi connectivity index (χ3n) is 5.44. The molecular weight excluding hydrogens is 282 g/mol. The Morgan fingerprint density at radius 2 is 1.67 bits per heavy atom. The predicted molar refractivity (Wildman–Crippen MR) is 88.6 cm³/mol. The zero-order valence-corrected chi connectivity index (χ0v) is 16.1. The van der Waals surface area contributed by atoms with E-state index < -0.39 is 13.9 Å². The highest BCUT2D eigenvalue weighted by molar-refractivity contribution is 6.74. The summed E-state index contributed by atoms with van der Waals surface area (Å²) in [5.74, 6) is -0.131. The summed E-state index contributed by atoms with van der Waals surface area (Å²) in [6.45, 7) is 18.6. The predicted octanol–water partition coefficient (Wildman–Crippen LogP) is 2.92. The van der Waals surface area contributed by atoms with Crippen molar-refractivity contribution in [2.24, 2.45) is 11.8 Å². The van der Waals surface area contributed by atoms with E-state index in [9.17, 15) is 9.90 Å². The van der Waals surface area contributed by atoms with Gasteiger partial charge in [0.15, 0.2) is 8.32 Å². The number of carbonyl (C=O) groups is 1. The van der Waals surface area contributed by atoms with E-state index in [0.717, 1.165) is 0 Å². The summed E-state index contributed by atoms with van der Waals surface area (Å²) >= 11 is 0. The molecule has 1 heterocycles. The average Bonchev–Trinajstić information content (AvgIpc) is 2.20. The number of amides is 1. The topological polar surface area (TPSA) is 58.6 Å². The molecule has 5 heteroatoms. The van der Waals surface area contributed by atoms with Gasteiger partial charge in [-0.3, -0.25) is 4.79 Å². The minimum absolute atomic E-state index is 0.00864. The molecule has 0 aliphatic carbocycles. The normalized spacial score (nSPS) is 26.9. The number of hydrogen-bond donors (Lipinski definition) is 2. The second-order valence-corrected chi connectivity index (χ2v) is 13.3. The third kappa shape index (κ3) is 3.87. The number of β-lactam (4-membered cyclic amide) rings is 1. The summed E-state index contributed by atoms with van der Waals surface area (Å²) in [4.78, 5) is 12.0. The highest BCUT2D eigenvalue weighted by Gasteiger charge is 2.51. The minimum atomic E-state index is -1.90. The van der Waals surface area contributed by atoms with E-state index in [1.54, 1.807) is 13.8 Å². The van der Waals surface area contributed by atoms with Crippen molar-refractivity contribution in [3.8, 4) is 0 Å². The zero-order chi connectivity index (χ0) is 16.8. The first-order valence-electron chi connectivity index (χ1n) is 7.89. The minimum Gasteiger partial charge on any atom is -0.413 e. The first kappa shape index (κ1) is 18.7. The highest BCUT2D eigenvalue weighted by Crippen LogP contribution is 2.40. The van der Waals surface area contributed by atoms with E-state index in [0.29, 0.717) is 0 Å². The van der Waals surface area contributed by atoms with Crippen LogP contribution in [0.15, 0.2) is 0 Å². The fraction of sp³-hybridized carbons (Fsp3) is 0.938. The molecule has 0 aromatic rings. The molecule has 1 aliphatic rings. The van der Waals surface area contributed by atoms with Crippen molar-refractivity contribution < 1.29 is 14.3 Å². The van der Waals surface area contributed by atoms with Crippen LogP contribution >= 0.6 is 0 Å². The number of nitrogens with one attached hydrogen (secondary N) is 1. The van der Waals surface area contributed by atoms with Crippen LogP contribution in [0.25, 0.3) is 0 Å². The van der Waals surface area contributed by atoms with Gasteiger partial charge in [0, 0.05) is 12.0 Å². The lowest BCUT2D eigenvalue weighted by Crippen LogP contribution is -2.68. The Bertz CT molecular complexity index is 395. The molecule has 0 unspecified atom stereocenters. The number of carbonyl (C=O) groups excluding carboxylic acids is 1. The maximum absolute atomic E-state index is 12.0. The van der Waals surface area contributed by atoms with Gasteiger partial charge in [-0.05, 0) is 38.9 Å². The molecule has 0 bridgehead atoms. The van der Waals surface area contributed by atoms with E-state index in [-0.39, 0.29) is 34.9 Å². The highest BCUT2D eigenvalue weighted by atomic mass is 28.4. The zero-order valence-electron chi connectivity index (χ0n) is 15.1. The third-order valence-corrected chi connectivity index (χ3v) is 10.0. The van der Waals surface area contributed by atoms with Gasteiger partial charge in [0.1, 0.15) is 0 Å². The SMILES string of the molecule is C[C@H]([C@H]1NC(=O)[C@@H]1[C@@H](C)O[Si](C)(C)C(C)(C)C)C(C)(C)O. The Balaban J connectivity index is 2.82. The van der Waals surface area contributed by atoms with E-state index in [4.69, 9.17) is 4.43 Å². The van der Waals surface area contributed by atoms with Gasteiger partial charge in [0.2, 0.25) is 5.91 Å². The van der Waals surface area contributed by atoms with Crippen molar-refractivity contribution in [2.45, 2.75) is 84.3 Å². The van der Waals surface area contributed by atoms with Crippen LogP contribution in [0.5, 0.6) is 0 Å². The van der Waals surface area contributed by atoms with Crippen LogP contribution in [0.2, 0.25) is 18.1 Å². The molecular formula is C16H33NO3Si. The Morgan fingerprint density at radius 1 is 1.19 bits per heavy atom. The number of aliphatic hydroxyl groups is 1. The van der Waals surface area contributed by atoms with E-state index in [1.165, 1.54) is 0 Å². The molecule has 0 spiro atoms. The Hall–Kier alpha value is -0.393. The van der Waals surface area contributed by atoms with Crippen molar-refractivity contribution in [2.75, 3.05) is 0 Å². The largest absolute Gasteiger partial charge is 0.413 e. The smallest absolute Gasteiger partial charge is 0.228 e. The maximum Gasteiger partial charge on any atom is 0.228 e. The van der Waals surface area contributed by atoms with Gasteiger partial charge >= 0.3 is 0 Å². The van der Waals surface area contributed by atoms with Crippen molar-refractivity contribution >= 4 is 14.2 Å². The van der Waals surface area contributed by atoms with E-state index >= 15 is 0 Å². The summed E-state index contributed by atoms with van der Waals surface area (Å²) in [7, 11) is -1.90. The lowest BCUT2D eigenvalue weighted by atomic mass is 9.73. The second kappa shape index (κ2) is 5.67. The molecule has 1 fully saturated rings. The molecule has 21 heavy (non-hydrogen) atoms. The Kier molecular flexibility index (Phi) is 5.04. The molecule has 0 aromatic heterocycles. The van der Waals surface area contributed by atoms with Crippen molar-refractivity contribution in [1.82, 2.24) is 5.32 Å². The molecule has 2 N–H and O–H groups in total.